The number of thioether (sulfide) groups is 1. The lowest BCUT2D eigenvalue weighted by Crippen LogP contribution is -2.22. The maximum absolute atomic E-state index is 13.5. The summed E-state index contributed by atoms with van der Waals surface area (Å²) in [6, 6.07) is 23.7. The first-order valence-corrected chi connectivity index (χ1v) is 20.1. The number of aliphatic carboxylic acids is 1. The van der Waals surface area contributed by atoms with Crippen LogP contribution in [-0.2, 0) is 30.9 Å². The lowest BCUT2D eigenvalue weighted by molar-refractivity contribution is -0.142. The van der Waals surface area contributed by atoms with E-state index in [9.17, 15) is 14.1 Å². The minimum absolute atomic E-state index is 0.216. The highest BCUT2D eigenvalue weighted by molar-refractivity contribution is 7.99. The van der Waals surface area contributed by atoms with Crippen molar-refractivity contribution < 1.29 is 42.9 Å². The van der Waals surface area contributed by atoms with Crippen molar-refractivity contribution in [1.29, 1.82) is 0 Å². The Bertz CT molecular complexity index is 2140. The maximum atomic E-state index is 13.5. The Morgan fingerprint density at radius 2 is 1.61 bits per heavy atom. The molecule has 0 radical (unpaired) electrons. The summed E-state index contributed by atoms with van der Waals surface area (Å²) >= 11 is 0.239. The van der Waals surface area contributed by atoms with Gasteiger partial charge in [0.05, 0.1) is 45.4 Å². The van der Waals surface area contributed by atoms with Crippen LogP contribution in [0.2, 0.25) is 0 Å². The van der Waals surface area contributed by atoms with Crippen LogP contribution in [0.4, 0.5) is 27.7 Å². The molecule has 56 heavy (non-hydrogen) atoms. The molecule has 0 fully saturated rings. The third kappa shape index (κ3) is 11.7. The van der Waals surface area contributed by atoms with Crippen molar-refractivity contribution in [2.75, 3.05) is 68.6 Å². The van der Waals surface area contributed by atoms with Gasteiger partial charge in [0.15, 0.2) is 10.6 Å². The van der Waals surface area contributed by atoms with Crippen LogP contribution in [0.1, 0.15) is 26.3 Å². The Kier molecular flexibility index (Phi) is 14.7. The predicted molar refractivity (Wildman–Crippen MR) is 221 cm³/mol. The molecule has 4 N–H and O–H groups in total. The second-order valence-corrected chi connectivity index (χ2v) is 15.9. The molecule has 296 valence electrons. The lowest BCUT2D eigenvalue weighted by atomic mass is 9.86. The van der Waals surface area contributed by atoms with Gasteiger partial charge in [-0.2, -0.15) is 0 Å². The van der Waals surface area contributed by atoms with E-state index >= 15 is 0 Å². The fourth-order valence-corrected chi connectivity index (χ4v) is 7.15. The third-order valence-electron chi connectivity index (χ3n) is 8.26. The number of aromatic nitrogens is 1. The summed E-state index contributed by atoms with van der Waals surface area (Å²) in [5.41, 5.74) is 2.40. The number of methoxy groups -OCH3 is 2. The van der Waals surface area contributed by atoms with Gasteiger partial charge in [-0.15, -0.1) is 11.8 Å². The molecule has 4 aromatic carbocycles. The smallest absolute Gasteiger partial charge is 0.329 e. The molecule has 15 heteroatoms. The van der Waals surface area contributed by atoms with Gasteiger partial charge in [-0.3, -0.25) is 0 Å². The van der Waals surface area contributed by atoms with Crippen molar-refractivity contribution in [3.05, 3.63) is 90.6 Å². The van der Waals surface area contributed by atoms with Crippen LogP contribution < -0.4 is 30.2 Å². The molecule has 2 amide bonds. The van der Waals surface area contributed by atoms with E-state index in [1.54, 1.807) is 55.6 Å². The Balaban J connectivity index is 1.27. The summed E-state index contributed by atoms with van der Waals surface area (Å²) in [6.07, 6.45) is 3.23. The number of benzene rings is 4. The van der Waals surface area contributed by atoms with E-state index in [2.05, 4.69) is 20.9 Å². The molecule has 5 aromatic rings. The molecule has 0 saturated heterocycles. The number of rotatable bonds is 18. The fraction of sp³-hybridized carbons (Fsp3) is 0.293. The number of carbonyl (C=O) groups excluding carboxylic acids is 1. The average molecular weight is 803 g/mol. The second-order valence-electron chi connectivity index (χ2n) is 13.4. The molecule has 1 aromatic heterocycles. The van der Waals surface area contributed by atoms with E-state index in [0.717, 1.165) is 26.9 Å². The third-order valence-corrected chi connectivity index (χ3v) is 10.1. The Morgan fingerprint density at radius 3 is 2.32 bits per heavy atom. The van der Waals surface area contributed by atoms with Gasteiger partial charge in [0.25, 0.3) is 0 Å². The normalized spacial score (nSPS) is 11.8. The first-order valence-electron chi connectivity index (χ1n) is 17.6. The standard InChI is InChI=1S/C41H46N4O9S2/c1-41(2,3)26-19-34(39(51-5)36(20-26)56(6)49)45-40(48)44-33-11-12-35(32-10-8-7-9-31(32)33)54-28-13-14-42-37(24-28)43-27-21-29(50-4)23-30(22-27)55-18-17-52-15-16-53-25-38(46)47/h7-14,19-24H,15-18,25H2,1-6H3,(H,42,43)(H,46,47)(H2,44,45,48). The quantitative estimate of drug-likeness (QED) is 0.0378. The SMILES string of the molecule is COc1cc(Nc2cc(Oc3ccc(NC(=O)Nc4cc(C(C)(C)C)cc([S+](C)[O-])c4OC)c4ccccc34)ccn2)cc(SCCOCCOCC(=O)O)c1. The highest BCUT2D eigenvalue weighted by atomic mass is 32.2. The number of pyridine rings is 1. The maximum Gasteiger partial charge on any atom is 0.329 e. The topological polar surface area (TPSA) is 173 Å². The summed E-state index contributed by atoms with van der Waals surface area (Å²) in [5.74, 6) is 2.35. The first kappa shape index (κ1) is 42.0. The molecule has 1 heterocycles. The molecule has 0 spiro atoms. The molecule has 1 atom stereocenters. The Morgan fingerprint density at radius 1 is 0.857 bits per heavy atom. The van der Waals surface area contributed by atoms with Crippen molar-refractivity contribution in [1.82, 2.24) is 4.98 Å². The van der Waals surface area contributed by atoms with Crippen molar-refractivity contribution in [2.24, 2.45) is 0 Å². The zero-order valence-electron chi connectivity index (χ0n) is 32.1. The minimum atomic E-state index is -1.35. The predicted octanol–water partition coefficient (Wildman–Crippen LogP) is 8.68. The monoisotopic (exact) mass is 802 g/mol. The summed E-state index contributed by atoms with van der Waals surface area (Å²) in [5, 5.41) is 19.4. The molecule has 13 nitrogen and oxygen atoms in total. The number of carbonyl (C=O) groups is 2. The number of anilines is 4. The van der Waals surface area contributed by atoms with E-state index in [-0.39, 0.29) is 18.6 Å². The summed E-state index contributed by atoms with van der Waals surface area (Å²) < 4.78 is 40.7. The average Bonchev–Trinajstić information content (AvgIpc) is 3.16. The molecule has 0 aliphatic heterocycles. The van der Waals surface area contributed by atoms with E-state index in [1.165, 1.54) is 7.11 Å². The fourth-order valence-electron chi connectivity index (χ4n) is 5.56. The zero-order chi connectivity index (χ0) is 40.2. The lowest BCUT2D eigenvalue weighted by Gasteiger charge is -2.23. The van der Waals surface area contributed by atoms with Crippen LogP contribution in [0.5, 0.6) is 23.0 Å². The number of hydrogen-bond donors (Lipinski definition) is 4. The largest absolute Gasteiger partial charge is 0.612 e. The van der Waals surface area contributed by atoms with Gasteiger partial charge >= 0.3 is 12.0 Å². The van der Waals surface area contributed by atoms with Crippen LogP contribution in [0.25, 0.3) is 10.8 Å². The Labute approximate surface area is 333 Å². The van der Waals surface area contributed by atoms with Crippen molar-refractivity contribution in [2.45, 2.75) is 36.0 Å². The number of urea groups is 1. The molecule has 1 unspecified atom stereocenters. The van der Waals surface area contributed by atoms with E-state index in [4.69, 9.17) is 28.8 Å². The van der Waals surface area contributed by atoms with Crippen LogP contribution in [-0.4, -0.2) is 79.3 Å². The number of amides is 2. The van der Waals surface area contributed by atoms with Gasteiger partial charge in [0.2, 0.25) is 0 Å². The van der Waals surface area contributed by atoms with Crippen molar-refractivity contribution in [3.8, 4) is 23.0 Å². The molecule has 0 aliphatic rings. The van der Waals surface area contributed by atoms with Gasteiger partial charge in [0.1, 0.15) is 35.9 Å². The van der Waals surface area contributed by atoms with Crippen LogP contribution in [0.3, 0.4) is 0 Å². The zero-order valence-corrected chi connectivity index (χ0v) is 33.7. The summed E-state index contributed by atoms with van der Waals surface area (Å²) in [4.78, 5) is 29.9. The highest BCUT2D eigenvalue weighted by Gasteiger charge is 2.25. The summed E-state index contributed by atoms with van der Waals surface area (Å²) in [7, 11) is 3.09. The molecule has 0 saturated carbocycles. The van der Waals surface area contributed by atoms with E-state index in [1.807, 2.05) is 75.4 Å². The van der Waals surface area contributed by atoms with E-state index in [0.29, 0.717) is 64.1 Å². The number of ether oxygens (including phenoxy) is 5. The number of hydrogen-bond acceptors (Lipinski definition) is 11. The molecule has 0 bridgehead atoms. The van der Waals surface area contributed by atoms with Gasteiger partial charge in [-0.25, -0.2) is 14.6 Å². The van der Waals surface area contributed by atoms with Crippen LogP contribution in [0.15, 0.2) is 94.9 Å². The van der Waals surface area contributed by atoms with Crippen LogP contribution in [0, 0.1) is 0 Å². The van der Waals surface area contributed by atoms with Gasteiger partial charge < -0.3 is 49.3 Å². The van der Waals surface area contributed by atoms with Crippen molar-refractivity contribution >= 4 is 68.6 Å². The van der Waals surface area contributed by atoms with Gasteiger partial charge in [-0.1, -0.05) is 45.0 Å². The molecular weight excluding hydrogens is 757 g/mol. The van der Waals surface area contributed by atoms with E-state index < -0.39 is 23.2 Å². The van der Waals surface area contributed by atoms with Gasteiger partial charge in [-0.05, 0) is 58.6 Å². The van der Waals surface area contributed by atoms with Crippen molar-refractivity contribution in [3.63, 3.8) is 0 Å². The highest BCUT2D eigenvalue weighted by Crippen LogP contribution is 2.39. The molecule has 5 rings (SSSR count). The first-order chi connectivity index (χ1) is 26.8. The Hall–Kier alpha value is -5.19. The minimum Gasteiger partial charge on any atom is -0.612 e. The second kappa shape index (κ2) is 19.6. The van der Waals surface area contributed by atoms with Gasteiger partial charge in [0, 0.05) is 51.5 Å². The van der Waals surface area contributed by atoms with Crippen LogP contribution >= 0.6 is 11.8 Å². The molecular formula is C41H46N4O9S2. The summed E-state index contributed by atoms with van der Waals surface area (Å²) in [6.45, 7) is 6.79. The number of carboxylic acid groups (broad SMARTS) is 1. The number of nitrogens with zero attached hydrogens (tertiary/aromatic N) is 1. The number of fused-ring (bicyclic) bond motifs is 1. The molecule has 0 aliphatic carbocycles. The number of carboxylic acids is 1. The number of nitrogens with one attached hydrogen (secondary N) is 3.